The topological polar surface area (TPSA) is 35.0 Å². The maximum absolute atomic E-state index is 5.66. The van der Waals surface area contributed by atoms with Gasteiger partial charge in [0.25, 0.3) is 0 Å². The molecular formula is C11H9BrN2O. The largest absolute Gasteiger partial charge is 0.455 e. The summed E-state index contributed by atoms with van der Waals surface area (Å²) in [7, 11) is 0. The normalized spacial score (nSPS) is 10.0. The van der Waals surface area contributed by atoms with Gasteiger partial charge in [-0.05, 0) is 35.0 Å². The van der Waals surface area contributed by atoms with Crippen LogP contribution in [0.1, 0.15) is 5.56 Å². The molecule has 2 rings (SSSR count). The average Bonchev–Trinajstić information content (AvgIpc) is 2.22. The third kappa shape index (κ3) is 2.53. The first-order chi connectivity index (χ1) is 7.25. The summed E-state index contributed by atoms with van der Waals surface area (Å²) in [5.74, 6) is 1.50. The molecule has 3 nitrogen and oxygen atoms in total. The second-order valence-corrected chi connectivity index (χ2v) is 4.00. The monoisotopic (exact) mass is 264 g/mol. The minimum absolute atomic E-state index is 0.707. The van der Waals surface area contributed by atoms with Crippen LogP contribution in [-0.4, -0.2) is 9.97 Å². The second kappa shape index (κ2) is 4.40. The highest BCUT2D eigenvalue weighted by molar-refractivity contribution is 9.10. The van der Waals surface area contributed by atoms with E-state index in [4.69, 9.17) is 4.74 Å². The smallest absolute Gasteiger partial charge is 0.146 e. The highest BCUT2D eigenvalue weighted by Gasteiger charge is 2.01. The number of ether oxygens (including phenoxy) is 1. The van der Waals surface area contributed by atoms with Crippen molar-refractivity contribution in [3.8, 4) is 11.5 Å². The zero-order chi connectivity index (χ0) is 10.7. The fraction of sp³-hybridized carbons (Fsp3) is 0.0909. The lowest BCUT2D eigenvalue weighted by Gasteiger charge is -2.07. The molecule has 0 aromatic carbocycles. The fourth-order valence-electron chi connectivity index (χ4n) is 1.15. The van der Waals surface area contributed by atoms with Gasteiger partial charge in [0.1, 0.15) is 11.5 Å². The maximum atomic E-state index is 5.66. The molecular weight excluding hydrogens is 256 g/mol. The first-order valence-corrected chi connectivity index (χ1v) is 5.24. The lowest BCUT2D eigenvalue weighted by atomic mass is 10.3. The number of rotatable bonds is 2. The van der Waals surface area contributed by atoms with Crippen molar-refractivity contribution in [2.75, 3.05) is 0 Å². The lowest BCUT2D eigenvalue weighted by molar-refractivity contribution is 0.475. The maximum Gasteiger partial charge on any atom is 0.146 e. The van der Waals surface area contributed by atoms with Crippen LogP contribution in [0.4, 0.5) is 0 Å². The van der Waals surface area contributed by atoms with Crippen molar-refractivity contribution in [1.29, 1.82) is 0 Å². The number of aryl methyl sites for hydroxylation is 1. The predicted molar refractivity (Wildman–Crippen MR) is 61.0 cm³/mol. The molecule has 2 aromatic heterocycles. The van der Waals surface area contributed by atoms with Gasteiger partial charge in [-0.25, -0.2) is 0 Å². The van der Waals surface area contributed by atoms with E-state index in [9.17, 15) is 0 Å². The summed E-state index contributed by atoms with van der Waals surface area (Å²) in [6.07, 6.45) is 6.85. The van der Waals surface area contributed by atoms with Crippen molar-refractivity contribution in [2.45, 2.75) is 6.92 Å². The summed E-state index contributed by atoms with van der Waals surface area (Å²) in [6.45, 7) is 1.95. The Bertz CT molecular complexity index is 474. The summed E-state index contributed by atoms with van der Waals surface area (Å²) < 4.78 is 6.55. The number of aromatic nitrogens is 2. The molecule has 0 bridgehead atoms. The number of hydrogen-bond acceptors (Lipinski definition) is 3. The van der Waals surface area contributed by atoms with Gasteiger partial charge in [-0.15, -0.1) is 0 Å². The molecule has 4 heteroatoms. The quantitative estimate of drug-likeness (QED) is 0.835. The van der Waals surface area contributed by atoms with Gasteiger partial charge in [-0.2, -0.15) is 0 Å². The Balaban J connectivity index is 2.26. The number of pyridine rings is 2. The van der Waals surface area contributed by atoms with Gasteiger partial charge in [0.05, 0.1) is 6.20 Å². The Kier molecular flexibility index (Phi) is 2.97. The van der Waals surface area contributed by atoms with Crippen LogP contribution in [0.2, 0.25) is 0 Å². The van der Waals surface area contributed by atoms with E-state index in [1.807, 2.05) is 19.1 Å². The summed E-state index contributed by atoms with van der Waals surface area (Å²) in [4.78, 5) is 8.02. The molecule has 0 saturated heterocycles. The van der Waals surface area contributed by atoms with E-state index in [-0.39, 0.29) is 0 Å². The third-order valence-corrected chi connectivity index (χ3v) is 2.31. The Morgan fingerprint density at radius 2 is 2.07 bits per heavy atom. The van der Waals surface area contributed by atoms with Crippen LogP contribution in [0.5, 0.6) is 11.5 Å². The van der Waals surface area contributed by atoms with Crippen LogP contribution >= 0.6 is 15.9 Å². The van der Waals surface area contributed by atoms with Crippen LogP contribution in [0.15, 0.2) is 41.4 Å². The molecule has 0 spiro atoms. The molecule has 2 aromatic rings. The standard InChI is InChI=1S/C11H9BrN2O/c1-8-5-13-3-2-11(8)15-10-4-9(12)6-14-7-10/h2-7H,1H3. The number of nitrogens with zero attached hydrogens (tertiary/aromatic N) is 2. The van der Waals surface area contributed by atoms with Crippen molar-refractivity contribution < 1.29 is 4.74 Å². The number of halogens is 1. The average molecular weight is 265 g/mol. The Morgan fingerprint density at radius 1 is 1.20 bits per heavy atom. The number of hydrogen-bond donors (Lipinski definition) is 0. The molecule has 0 radical (unpaired) electrons. The SMILES string of the molecule is Cc1cnccc1Oc1cncc(Br)c1. The van der Waals surface area contributed by atoms with Gasteiger partial charge in [-0.3, -0.25) is 9.97 Å². The van der Waals surface area contributed by atoms with Crippen molar-refractivity contribution in [3.63, 3.8) is 0 Å². The third-order valence-electron chi connectivity index (χ3n) is 1.88. The van der Waals surface area contributed by atoms with E-state index in [0.29, 0.717) is 5.75 Å². The Hall–Kier alpha value is -1.42. The van der Waals surface area contributed by atoms with Gasteiger partial charge in [0.2, 0.25) is 0 Å². The molecule has 15 heavy (non-hydrogen) atoms. The molecule has 0 unspecified atom stereocenters. The second-order valence-electron chi connectivity index (χ2n) is 3.08. The summed E-state index contributed by atoms with van der Waals surface area (Å²) >= 11 is 3.34. The van der Waals surface area contributed by atoms with Gasteiger partial charge >= 0.3 is 0 Å². The lowest BCUT2D eigenvalue weighted by Crippen LogP contribution is -1.88. The Morgan fingerprint density at radius 3 is 2.80 bits per heavy atom. The Labute approximate surface area is 96.3 Å². The van der Waals surface area contributed by atoms with Gasteiger partial charge in [0, 0.05) is 28.6 Å². The summed E-state index contributed by atoms with van der Waals surface area (Å²) in [5.41, 5.74) is 0.998. The minimum atomic E-state index is 0.707. The summed E-state index contributed by atoms with van der Waals surface area (Å²) in [5, 5.41) is 0. The molecule has 0 saturated carbocycles. The molecule has 0 amide bonds. The fourth-order valence-corrected chi connectivity index (χ4v) is 1.49. The zero-order valence-corrected chi connectivity index (χ0v) is 9.73. The van der Waals surface area contributed by atoms with Crippen LogP contribution in [0.3, 0.4) is 0 Å². The molecule has 0 atom stereocenters. The van der Waals surface area contributed by atoms with E-state index in [1.165, 1.54) is 0 Å². The van der Waals surface area contributed by atoms with Crippen molar-refractivity contribution >= 4 is 15.9 Å². The van der Waals surface area contributed by atoms with Crippen LogP contribution in [-0.2, 0) is 0 Å². The van der Waals surface area contributed by atoms with E-state index >= 15 is 0 Å². The molecule has 0 aliphatic carbocycles. The van der Waals surface area contributed by atoms with Crippen LogP contribution in [0, 0.1) is 6.92 Å². The van der Waals surface area contributed by atoms with Gasteiger partial charge in [-0.1, -0.05) is 0 Å². The van der Waals surface area contributed by atoms with Crippen molar-refractivity contribution in [3.05, 3.63) is 47.0 Å². The molecule has 0 fully saturated rings. The minimum Gasteiger partial charge on any atom is -0.455 e. The summed E-state index contributed by atoms with van der Waals surface area (Å²) in [6, 6.07) is 3.70. The van der Waals surface area contributed by atoms with Gasteiger partial charge < -0.3 is 4.74 Å². The van der Waals surface area contributed by atoms with Crippen LogP contribution in [0.25, 0.3) is 0 Å². The molecule has 0 aliphatic heterocycles. The van der Waals surface area contributed by atoms with Crippen molar-refractivity contribution in [2.24, 2.45) is 0 Å². The van der Waals surface area contributed by atoms with E-state index in [1.54, 1.807) is 24.8 Å². The van der Waals surface area contributed by atoms with Gasteiger partial charge in [0.15, 0.2) is 0 Å². The first-order valence-electron chi connectivity index (χ1n) is 4.45. The first kappa shape index (κ1) is 10.1. The molecule has 2 heterocycles. The molecule has 0 N–H and O–H groups in total. The molecule has 76 valence electrons. The highest BCUT2D eigenvalue weighted by atomic mass is 79.9. The highest BCUT2D eigenvalue weighted by Crippen LogP contribution is 2.24. The van der Waals surface area contributed by atoms with E-state index in [0.717, 1.165) is 15.8 Å². The van der Waals surface area contributed by atoms with Crippen molar-refractivity contribution in [1.82, 2.24) is 9.97 Å². The molecule has 0 aliphatic rings. The van der Waals surface area contributed by atoms with E-state index in [2.05, 4.69) is 25.9 Å². The predicted octanol–water partition coefficient (Wildman–Crippen LogP) is 3.34. The van der Waals surface area contributed by atoms with Crippen LogP contribution < -0.4 is 4.74 Å². The zero-order valence-electron chi connectivity index (χ0n) is 8.14. The van der Waals surface area contributed by atoms with E-state index < -0.39 is 0 Å².